The van der Waals surface area contributed by atoms with E-state index in [0.29, 0.717) is 5.75 Å². The molecule has 0 radical (unpaired) electrons. The lowest BCUT2D eigenvalue weighted by Gasteiger charge is -2.13. The topological polar surface area (TPSA) is 50.7 Å². The molecule has 0 aliphatic rings. The molecule has 0 saturated heterocycles. The largest absolute Gasteiger partial charge is 0.481 e. The van der Waals surface area contributed by atoms with Gasteiger partial charge in [-0.3, -0.25) is 4.79 Å². The molecule has 0 spiro atoms. The number of nitrogens with one attached hydrogen (secondary N) is 1. The van der Waals surface area contributed by atoms with Crippen molar-refractivity contribution in [1.82, 2.24) is 5.43 Å². The van der Waals surface area contributed by atoms with Crippen molar-refractivity contribution in [3.63, 3.8) is 0 Å². The van der Waals surface area contributed by atoms with Crippen LogP contribution < -0.4 is 10.2 Å². The van der Waals surface area contributed by atoms with E-state index in [1.54, 1.807) is 13.0 Å². The molecular weight excluding hydrogens is 300 g/mol. The number of hydrogen-bond acceptors (Lipinski definition) is 3. The minimum atomic E-state index is -0.623. The summed E-state index contributed by atoms with van der Waals surface area (Å²) in [4.78, 5) is 12.0. The van der Waals surface area contributed by atoms with Gasteiger partial charge in [-0.15, -0.1) is 0 Å². The summed E-state index contributed by atoms with van der Waals surface area (Å²) < 4.78 is 5.63. The highest BCUT2D eigenvalue weighted by molar-refractivity contribution is 5.83. The van der Waals surface area contributed by atoms with Crippen LogP contribution in [0.15, 0.2) is 59.7 Å². The zero-order chi connectivity index (χ0) is 17.4. The lowest BCUT2D eigenvalue weighted by Crippen LogP contribution is -2.33. The van der Waals surface area contributed by atoms with Crippen LogP contribution in [0.4, 0.5) is 0 Å². The minimum absolute atomic E-state index is 0.294. The van der Waals surface area contributed by atoms with E-state index in [2.05, 4.69) is 10.5 Å². The van der Waals surface area contributed by atoms with Crippen molar-refractivity contribution in [3.05, 3.63) is 71.3 Å². The summed E-state index contributed by atoms with van der Waals surface area (Å²) in [5, 5.41) is 3.89. The van der Waals surface area contributed by atoms with Gasteiger partial charge in [0.25, 0.3) is 5.91 Å². The van der Waals surface area contributed by atoms with E-state index in [1.807, 2.05) is 68.5 Å². The Morgan fingerprint density at radius 2 is 1.88 bits per heavy atom. The number of ether oxygens (including phenoxy) is 1. The van der Waals surface area contributed by atoms with Gasteiger partial charge in [-0.1, -0.05) is 42.5 Å². The molecule has 1 amide bonds. The Hall–Kier alpha value is -2.88. The van der Waals surface area contributed by atoms with Crippen LogP contribution in [0.3, 0.4) is 0 Å². The zero-order valence-electron chi connectivity index (χ0n) is 14.2. The maximum absolute atomic E-state index is 12.0. The molecule has 2 rings (SSSR count). The van der Waals surface area contributed by atoms with Crippen molar-refractivity contribution >= 4 is 18.2 Å². The van der Waals surface area contributed by atoms with Crippen molar-refractivity contribution in [1.29, 1.82) is 0 Å². The van der Waals surface area contributed by atoms with Crippen LogP contribution in [0, 0.1) is 13.8 Å². The first-order valence-corrected chi connectivity index (χ1v) is 7.85. The number of allylic oxidation sites excluding steroid dienone is 1. The van der Waals surface area contributed by atoms with Crippen LogP contribution in [0.1, 0.15) is 23.6 Å². The van der Waals surface area contributed by atoms with Crippen molar-refractivity contribution in [2.24, 2.45) is 5.10 Å². The highest BCUT2D eigenvalue weighted by atomic mass is 16.5. The quantitative estimate of drug-likeness (QED) is 0.648. The Bertz CT molecular complexity index is 737. The predicted molar refractivity (Wildman–Crippen MR) is 98.1 cm³/mol. The van der Waals surface area contributed by atoms with Gasteiger partial charge in [-0.25, -0.2) is 5.43 Å². The van der Waals surface area contributed by atoms with E-state index in [4.69, 9.17) is 4.74 Å². The highest BCUT2D eigenvalue weighted by Gasteiger charge is 2.13. The number of aryl methyl sites for hydroxylation is 2. The maximum Gasteiger partial charge on any atom is 0.280 e. The van der Waals surface area contributed by atoms with Crippen LogP contribution in [0.5, 0.6) is 5.75 Å². The van der Waals surface area contributed by atoms with Gasteiger partial charge < -0.3 is 4.74 Å². The Labute approximate surface area is 142 Å². The molecule has 2 aromatic rings. The minimum Gasteiger partial charge on any atom is -0.481 e. The van der Waals surface area contributed by atoms with Crippen LogP contribution in [0.25, 0.3) is 6.08 Å². The van der Waals surface area contributed by atoms with Gasteiger partial charge in [0.05, 0.1) is 0 Å². The molecular formula is C20H22N2O2. The van der Waals surface area contributed by atoms with Crippen LogP contribution >= 0.6 is 0 Å². The Morgan fingerprint density at radius 3 is 2.58 bits per heavy atom. The van der Waals surface area contributed by atoms with Gasteiger partial charge in [-0.2, -0.15) is 5.10 Å². The molecule has 1 atom stereocenters. The molecule has 0 bridgehead atoms. The number of carbonyl (C=O) groups is 1. The molecule has 1 N–H and O–H groups in total. The summed E-state index contributed by atoms with van der Waals surface area (Å²) in [5.74, 6) is 0.381. The Kier molecular flexibility index (Phi) is 6.32. The molecule has 2 aromatic carbocycles. The lowest BCUT2D eigenvalue weighted by atomic mass is 10.1. The van der Waals surface area contributed by atoms with E-state index >= 15 is 0 Å². The fourth-order valence-electron chi connectivity index (χ4n) is 2.00. The number of benzene rings is 2. The van der Waals surface area contributed by atoms with E-state index in [0.717, 1.165) is 11.1 Å². The zero-order valence-corrected chi connectivity index (χ0v) is 14.2. The maximum atomic E-state index is 12.0. The van der Waals surface area contributed by atoms with Gasteiger partial charge in [0.15, 0.2) is 6.10 Å². The summed E-state index contributed by atoms with van der Waals surface area (Å²) in [7, 11) is 0. The smallest absolute Gasteiger partial charge is 0.280 e. The second-order valence-corrected chi connectivity index (χ2v) is 5.53. The molecule has 4 heteroatoms. The van der Waals surface area contributed by atoms with Crippen molar-refractivity contribution in [3.8, 4) is 5.75 Å². The van der Waals surface area contributed by atoms with E-state index < -0.39 is 6.10 Å². The average molecular weight is 322 g/mol. The van der Waals surface area contributed by atoms with Crippen molar-refractivity contribution in [2.45, 2.75) is 26.9 Å². The van der Waals surface area contributed by atoms with E-state index in [9.17, 15) is 4.79 Å². The second kappa shape index (κ2) is 8.67. The summed E-state index contributed by atoms with van der Waals surface area (Å²) in [6.07, 6.45) is 4.59. The molecule has 0 saturated carbocycles. The fourth-order valence-corrected chi connectivity index (χ4v) is 2.00. The van der Waals surface area contributed by atoms with Crippen LogP contribution in [-0.4, -0.2) is 18.2 Å². The second-order valence-electron chi connectivity index (χ2n) is 5.53. The monoisotopic (exact) mass is 322 g/mol. The first kappa shape index (κ1) is 17.5. The van der Waals surface area contributed by atoms with Crippen LogP contribution in [-0.2, 0) is 4.79 Å². The van der Waals surface area contributed by atoms with Crippen molar-refractivity contribution in [2.75, 3.05) is 0 Å². The Morgan fingerprint density at radius 1 is 1.12 bits per heavy atom. The van der Waals surface area contributed by atoms with Gasteiger partial charge >= 0.3 is 0 Å². The fraction of sp³-hybridized carbons (Fsp3) is 0.200. The number of amides is 1. The molecule has 4 nitrogen and oxygen atoms in total. The summed E-state index contributed by atoms with van der Waals surface area (Å²) in [5.41, 5.74) is 5.86. The van der Waals surface area contributed by atoms with Gasteiger partial charge in [0, 0.05) is 6.21 Å². The van der Waals surface area contributed by atoms with E-state index in [-0.39, 0.29) is 5.91 Å². The van der Waals surface area contributed by atoms with E-state index in [1.165, 1.54) is 11.8 Å². The average Bonchev–Trinajstić information content (AvgIpc) is 2.58. The number of carbonyl (C=O) groups excluding carboxylic acids is 1. The molecule has 1 unspecified atom stereocenters. The number of nitrogens with zero attached hydrogens (tertiary/aromatic N) is 1. The molecule has 0 fully saturated rings. The molecule has 0 heterocycles. The third-order valence-electron chi connectivity index (χ3n) is 3.58. The third kappa shape index (κ3) is 5.39. The number of hydrazone groups is 1. The molecule has 124 valence electrons. The summed E-state index contributed by atoms with van der Waals surface area (Å²) >= 11 is 0. The third-order valence-corrected chi connectivity index (χ3v) is 3.58. The molecule has 0 aliphatic heterocycles. The molecule has 24 heavy (non-hydrogen) atoms. The van der Waals surface area contributed by atoms with Crippen molar-refractivity contribution < 1.29 is 9.53 Å². The van der Waals surface area contributed by atoms with Gasteiger partial charge in [-0.05, 0) is 55.7 Å². The first-order chi connectivity index (χ1) is 11.6. The summed E-state index contributed by atoms with van der Waals surface area (Å²) in [6.45, 7) is 5.74. The summed E-state index contributed by atoms with van der Waals surface area (Å²) in [6, 6.07) is 15.6. The van der Waals surface area contributed by atoms with Crippen LogP contribution in [0.2, 0.25) is 0 Å². The standard InChI is InChI=1S/C20H22N2O2/c1-15-11-12-19(14-16(15)2)24-17(3)20(23)22-21-13-7-10-18-8-5-4-6-9-18/h4-14,17H,1-3H3,(H,22,23)/b10-7+,21-13+. The van der Waals surface area contributed by atoms with Gasteiger partial charge in [0.1, 0.15) is 5.75 Å². The molecule has 0 aromatic heterocycles. The van der Waals surface area contributed by atoms with Gasteiger partial charge in [0.2, 0.25) is 0 Å². The normalized spacial score (nSPS) is 12.5. The predicted octanol–water partition coefficient (Wildman–Crippen LogP) is 3.89. The number of rotatable bonds is 6. The first-order valence-electron chi connectivity index (χ1n) is 7.85. The Balaban J connectivity index is 1.82. The number of hydrogen-bond donors (Lipinski definition) is 1. The SMILES string of the molecule is Cc1ccc(OC(C)C(=O)N/N=C/C=C/c2ccccc2)cc1C. The highest BCUT2D eigenvalue weighted by Crippen LogP contribution is 2.17. The molecule has 0 aliphatic carbocycles. The lowest BCUT2D eigenvalue weighted by molar-refractivity contribution is -0.127.